The van der Waals surface area contributed by atoms with E-state index in [4.69, 9.17) is 10.5 Å². The van der Waals surface area contributed by atoms with Crippen LogP contribution in [0.1, 0.15) is 0 Å². The third kappa shape index (κ3) is 7.25. The summed E-state index contributed by atoms with van der Waals surface area (Å²) in [7, 11) is 0. The summed E-state index contributed by atoms with van der Waals surface area (Å²) in [6.07, 6.45) is -2.81. The van der Waals surface area contributed by atoms with Crippen molar-refractivity contribution in [2.75, 3.05) is 43.1 Å². The minimum Gasteiger partial charge on any atom is -0.675 e. The van der Waals surface area contributed by atoms with Gasteiger partial charge < -0.3 is 36.1 Å². The third-order valence-electron chi connectivity index (χ3n) is 3.98. The van der Waals surface area contributed by atoms with E-state index in [0.717, 1.165) is 6.07 Å². The first-order valence-corrected chi connectivity index (χ1v) is 8.96. The van der Waals surface area contributed by atoms with Crippen LogP contribution in [0, 0.1) is 0 Å². The summed E-state index contributed by atoms with van der Waals surface area (Å²) >= 11 is 0. The maximum atomic E-state index is 12.8. The Kier molecular flexibility index (Phi) is 8.81. The van der Waals surface area contributed by atoms with Gasteiger partial charge in [0.1, 0.15) is 6.61 Å². The summed E-state index contributed by atoms with van der Waals surface area (Å²) in [6, 6.07) is 1.17. The molecule has 2 rings (SSSR count). The fourth-order valence-electron chi connectivity index (χ4n) is 2.57. The Morgan fingerprint density at radius 3 is 2.61 bits per heavy atom. The largest absolute Gasteiger partial charge is 0.675 e. The zero-order chi connectivity index (χ0) is 23.0. The van der Waals surface area contributed by atoms with E-state index in [1.165, 1.54) is 17.0 Å². The van der Waals surface area contributed by atoms with Crippen LogP contribution in [-0.4, -0.2) is 69.8 Å². The molecular weight excluding hydrogens is 430 g/mol. The topological polar surface area (TPSA) is 133 Å². The van der Waals surface area contributed by atoms with E-state index in [0.29, 0.717) is 0 Å². The molecule has 1 fully saturated rings. The van der Waals surface area contributed by atoms with Crippen molar-refractivity contribution in [3.8, 4) is 5.75 Å². The van der Waals surface area contributed by atoms with Crippen LogP contribution in [0.2, 0.25) is 0 Å². The molecule has 0 saturated carbocycles. The van der Waals surface area contributed by atoms with Gasteiger partial charge in [-0.05, 0) is 12.1 Å². The normalized spacial score (nSPS) is 15.1. The quantitative estimate of drug-likeness (QED) is 0.492. The summed E-state index contributed by atoms with van der Waals surface area (Å²) in [5, 5.41) is 6.09. The summed E-state index contributed by atoms with van der Waals surface area (Å²) in [4.78, 5) is 37.1. The van der Waals surface area contributed by atoms with Crippen molar-refractivity contribution in [3.63, 3.8) is 0 Å². The highest BCUT2D eigenvalue weighted by Gasteiger charge is 2.24. The van der Waals surface area contributed by atoms with E-state index in [-0.39, 0.29) is 37.0 Å². The Morgan fingerprint density at radius 2 is 2.00 bits per heavy atom. The summed E-state index contributed by atoms with van der Waals surface area (Å²) in [5.41, 5.74) is 7.40. The van der Waals surface area contributed by atoms with Crippen molar-refractivity contribution in [1.29, 1.82) is 0 Å². The first-order chi connectivity index (χ1) is 14.7. The molecule has 14 heteroatoms. The first-order valence-electron chi connectivity index (χ1n) is 8.96. The zero-order valence-electron chi connectivity index (χ0n) is 16.0. The van der Waals surface area contributed by atoms with Crippen LogP contribution in [0.25, 0.3) is 5.73 Å². The van der Waals surface area contributed by atoms with Gasteiger partial charge in [-0.2, -0.15) is 8.78 Å². The molecule has 1 aliphatic rings. The minimum absolute atomic E-state index is 0.173. The van der Waals surface area contributed by atoms with Crippen molar-refractivity contribution >= 4 is 29.2 Å². The number of hydrogen-bond acceptors (Lipinski definition) is 5. The number of rotatable bonds is 9. The third-order valence-corrected chi connectivity index (χ3v) is 3.98. The summed E-state index contributed by atoms with van der Waals surface area (Å²) < 4.78 is 59.4. The number of nitrogens with zero attached hydrogens (tertiary/aromatic N) is 1. The number of carbonyl (C=O) groups excluding carboxylic acids is 3. The number of benzene rings is 1. The molecule has 172 valence electrons. The number of amides is 4. The number of ether oxygens (including phenoxy) is 2. The lowest BCUT2D eigenvalue weighted by Crippen LogP contribution is -2.50. The molecule has 0 radical (unpaired) electrons. The van der Waals surface area contributed by atoms with E-state index in [1.807, 2.05) is 10.6 Å². The molecule has 1 aliphatic heterocycles. The monoisotopic (exact) mass is 450 g/mol. The Labute approximate surface area is 174 Å². The number of halogens is 4. The molecule has 0 unspecified atom stereocenters. The molecule has 1 aromatic carbocycles. The van der Waals surface area contributed by atoms with E-state index in [9.17, 15) is 31.9 Å². The average Bonchev–Trinajstić information content (AvgIpc) is 2.71. The van der Waals surface area contributed by atoms with E-state index < -0.39 is 49.9 Å². The lowest BCUT2D eigenvalue weighted by Gasteiger charge is -2.27. The van der Waals surface area contributed by atoms with Crippen LogP contribution in [0.5, 0.6) is 5.75 Å². The maximum Gasteiger partial charge on any atom is 0.387 e. The summed E-state index contributed by atoms with van der Waals surface area (Å²) in [6.45, 7) is -4.58. The molecule has 31 heavy (non-hydrogen) atoms. The highest BCUT2D eigenvalue weighted by atomic mass is 19.3. The van der Waals surface area contributed by atoms with Crippen LogP contribution in [0.4, 0.5) is 33.7 Å². The number of carbonyl (C=O) groups is 3. The second-order valence-corrected chi connectivity index (χ2v) is 6.15. The van der Waals surface area contributed by atoms with Crippen molar-refractivity contribution in [2.45, 2.75) is 19.1 Å². The van der Waals surface area contributed by atoms with Gasteiger partial charge in [0.05, 0.1) is 24.9 Å². The van der Waals surface area contributed by atoms with E-state index in [2.05, 4.69) is 10.1 Å². The van der Waals surface area contributed by atoms with Gasteiger partial charge in [-0.25, -0.2) is 13.6 Å². The molecule has 0 aliphatic carbocycles. The van der Waals surface area contributed by atoms with Crippen LogP contribution >= 0.6 is 0 Å². The van der Waals surface area contributed by atoms with Gasteiger partial charge in [0.15, 0.2) is 5.75 Å². The lowest BCUT2D eigenvalue weighted by molar-refractivity contribution is -0.125. The predicted octanol–water partition coefficient (Wildman–Crippen LogP) is 1.57. The van der Waals surface area contributed by atoms with Gasteiger partial charge in [-0.3, -0.25) is 9.59 Å². The Balaban J connectivity index is 2.14. The second kappa shape index (κ2) is 11.3. The Morgan fingerprint density at radius 1 is 1.26 bits per heavy atom. The number of hydrogen-bond donors (Lipinski definition) is 3. The molecule has 1 saturated heterocycles. The predicted molar refractivity (Wildman–Crippen MR) is 100 cm³/mol. The molecule has 0 bridgehead atoms. The highest BCUT2D eigenvalue weighted by Crippen LogP contribution is 2.32. The van der Waals surface area contributed by atoms with Crippen molar-refractivity contribution in [3.05, 3.63) is 23.9 Å². The van der Waals surface area contributed by atoms with E-state index >= 15 is 0 Å². The van der Waals surface area contributed by atoms with Gasteiger partial charge in [-0.15, -0.1) is 6.54 Å². The standard InChI is InChI=1S/C17H20F4N5O5/c18-13(19)7-23-17(29)25-11(6-22)15(28)24-10-2-1-9(5-12(10)31-16(20)21)26-3-4-30-8-14(26)27/h1-2,5,11,13,16,22H,3-4,6-8H2,(H,24,28)(H2,23,25,29)/q-1/t11-/m0/s1. The summed E-state index contributed by atoms with van der Waals surface area (Å²) in [5.74, 6) is -1.80. The molecule has 1 atom stereocenters. The van der Waals surface area contributed by atoms with Gasteiger partial charge in [0.2, 0.25) is 5.91 Å². The first kappa shape index (κ1) is 24.1. The van der Waals surface area contributed by atoms with Crippen LogP contribution in [0.15, 0.2) is 18.2 Å². The smallest absolute Gasteiger partial charge is 0.387 e. The number of alkyl halides is 4. The van der Waals surface area contributed by atoms with Gasteiger partial charge in [-0.1, -0.05) is 0 Å². The Hall–Kier alpha value is -3.13. The van der Waals surface area contributed by atoms with Crippen LogP contribution in [-0.2, 0) is 14.3 Å². The minimum atomic E-state index is -3.24. The molecule has 10 nitrogen and oxygen atoms in total. The average molecular weight is 450 g/mol. The molecule has 0 aromatic heterocycles. The van der Waals surface area contributed by atoms with Crippen LogP contribution < -0.4 is 25.6 Å². The fraction of sp³-hybridized carbons (Fsp3) is 0.471. The Bertz CT molecular complexity index is 798. The highest BCUT2D eigenvalue weighted by molar-refractivity contribution is 5.99. The second-order valence-electron chi connectivity index (χ2n) is 6.15. The van der Waals surface area contributed by atoms with Gasteiger partial charge in [0, 0.05) is 18.3 Å². The maximum absolute atomic E-state index is 12.8. The molecule has 0 spiro atoms. The number of anilines is 2. The fourth-order valence-corrected chi connectivity index (χ4v) is 2.57. The van der Waals surface area contributed by atoms with E-state index in [1.54, 1.807) is 0 Å². The zero-order valence-corrected chi connectivity index (χ0v) is 16.0. The molecule has 4 amide bonds. The molecule has 1 aromatic rings. The van der Waals surface area contributed by atoms with Crippen molar-refractivity contribution in [1.82, 2.24) is 10.6 Å². The number of morpholine rings is 1. The SMILES string of the molecule is [NH-]C[C@H](NC(=O)NCC(F)F)C(=O)Nc1ccc(N2CCOCC2=O)cc1OC(F)F. The van der Waals surface area contributed by atoms with Crippen LogP contribution in [0.3, 0.4) is 0 Å². The van der Waals surface area contributed by atoms with Crippen molar-refractivity contribution < 1.29 is 41.4 Å². The number of nitrogens with one attached hydrogen (secondary N) is 4. The molecular formula is C17H20F4N5O5-. The lowest BCUT2D eigenvalue weighted by atomic mass is 10.2. The number of urea groups is 1. The molecule has 1 heterocycles. The molecule has 4 N–H and O–H groups in total. The van der Waals surface area contributed by atoms with Crippen molar-refractivity contribution in [2.24, 2.45) is 0 Å². The van der Waals surface area contributed by atoms with Gasteiger partial charge >= 0.3 is 12.6 Å². The van der Waals surface area contributed by atoms with Gasteiger partial charge in [0.25, 0.3) is 12.3 Å².